The molecule has 0 atom stereocenters. The van der Waals surface area contributed by atoms with Gasteiger partial charge in [-0.05, 0) is 30.3 Å². The molecular weight excluding hydrogens is 360 g/mol. The van der Waals surface area contributed by atoms with Gasteiger partial charge >= 0.3 is 0 Å². The van der Waals surface area contributed by atoms with E-state index in [9.17, 15) is 19.7 Å². The van der Waals surface area contributed by atoms with Crippen molar-refractivity contribution >= 4 is 34.8 Å². The molecule has 0 saturated carbocycles. The van der Waals surface area contributed by atoms with Crippen LogP contribution in [0.3, 0.4) is 0 Å². The lowest BCUT2D eigenvalue weighted by molar-refractivity contribution is -0.384. The maximum atomic E-state index is 11.9. The molecule has 2 aromatic carbocycles. The summed E-state index contributed by atoms with van der Waals surface area (Å²) in [6, 6.07) is 12.4. The fraction of sp³-hybridized carbons (Fsp3) is 0.176. The predicted octanol–water partition coefficient (Wildman–Crippen LogP) is 2.21. The van der Waals surface area contributed by atoms with Crippen molar-refractivity contribution in [3.63, 3.8) is 0 Å². The highest BCUT2D eigenvalue weighted by Crippen LogP contribution is 2.14. The Kier molecular flexibility index (Phi) is 6.92. The molecule has 0 unspecified atom stereocenters. The van der Waals surface area contributed by atoms with E-state index in [1.165, 1.54) is 18.2 Å². The number of nitro benzene ring substituents is 1. The Labute approximate surface area is 154 Å². The highest BCUT2D eigenvalue weighted by atomic mass is 35.5. The lowest BCUT2D eigenvalue weighted by Crippen LogP contribution is -2.38. The predicted molar refractivity (Wildman–Crippen MR) is 98.4 cm³/mol. The van der Waals surface area contributed by atoms with Crippen LogP contribution >= 0.6 is 11.6 Å². The molecule has 0 radical (unpaired) electrons. The van der Waals surface area contributed by atoms with Crippen LogP contribution in [0.5, 0.6) is 0 Å². The van der Waals surface area contributed by atoms with E-state index in [1.54, 1.807) is 30.3 Å². The summed E-state index contributed by atoms with van der Waals surface area (Å²) in [6.07, 6.45) is 0. The van der Waals surface area contributed by atoms with Crippen LogP contribution in [0.1, 0.15) is 10.4 Å². The third-order valence-corrected chi connectivity index (χ3v) is 3.59. The SMILES string of the molecule is O=C(CNC(=O)c1cccc(Cl)c1)NCCNc1ccc([N+](=O)[O-])cc1. The number of non-ortho nitro benzene ring substituents is 1. The summed E-state index contributed by atoms with van der Waals surface area (Å²) in [7, 11) is 0. The second kappa shape index (κ2) is 9.38. The maximum Gasteiger partial charge on any atom is 0.269 e. The first-order valence-corrected chi connectivity index (χ1v) is 8.12. The number of nitrogens with zero attached hydrogens (tertiary/aromatic N) is 1. The van der Waals surface area contributed by atoms with Crippen molar-refractivity contribution in [1.82, 2.24) is 10.6 Å². The summed E-state index contributed by atoms with van der Waals surface area (Å²) in [5.74, 6) is -0.711. The average molecular weight is 377 g/mol. The molecule has 2 rings (SSSR count). The van der Waals surface area contributed by atoms with E-state index in [2.05, 4.69) is 16.0 Å². The van der Waals surface area contributed by atoms with Crippen molar-refractivity contribution in [1.29, 1.82) is 0 Å². The zero-order valence-electron chi connectivity index (χ0n) is 13.7. The summed E-state index contributed by atoms with van der Waals surface area (Å²) in [5, 5.41) is 19.2. The van der Waals surface area contributed by atoms with Gasteiger partial charge in [0.1, 0.15) is 0 Å². The number of carbonyl (C=O) groups is 2. The quantitative estimate of drug-likeness (QED) is 0.371. The molecule has 0 bridgehead atoms. The van der Waals surface area contributed by atoms with Gasteiger partial charge in [-0.1, -0.05) is 17.7 Å². The lowest BCUT2D eigenvalue weighted by Gasteiger charge is -2.09. The van der Waals surface area contributed by atoms with Gasteiger partial charge in [0.05, 0.1) is 11.5 Å². The molecular formula is C17H17ClN4O4. The van der Waals surface area contributed by atoms with E-state index < -0.39 is 4.92 Å². The molecule has 0 aliphatic rings. The third kappa shape index (κ3) is 6.06. The van der Waals surface area contributed by atoms with Crippen LogP contribution in [0.2, 0.25) is 5.02 Å². The van der Waals surface area contributed by atoms with Crippen molar-refractivity contribution in [3.05, 3.63) is 69.2 Å². The van der Waals surface area contributed by atoms with Crippen molar-refractivity contribution < 1.29 is 14.5 Å². The molecule has 3 N–H and O–H groups in total. The van der Waals surface area contributed by atoms with Crippen molar-refractivity contribution in [2.75, 3.05) is 25.0 Å². The van der Waals surface area contributed by atoms with E-state index in [4.69, 9.17) is 11.6 Å². The van der Waals surface area contributed by atoms with Gasteiger partial charge in [-0.15, -0.1) is 0 Å². The van der Waals surface area contributed by atoms with Gasteiger partial charge in [-0.3, -0.25) is 19.7 Å². The summed E-state index contributed by atoms with van der Waals surface area (Å²) in [5.41, 5.74) is 1.10. The Bertz CT molecular complexity index is 796. The van der Waals surface area contributed by atoms with Crippen LogP contribution in [0.25, 0.3) is 0 Å². The van der Waals surface area contributed by atoms with Gasteiger partial charge in [0.25, 0.3) is 11.6 Å². The molecule has 0 spiro atoms. The first-order valence-electron chi connectivity index (χ1n) is 7.74. The number of amides is 2. The van der Waals surface area contributed by atoms with Gasteiger partial charge < -0.3 is 16.0 Å². The molecule has 136 valence electrons. The number of anilines is 1. The van der Waals surface area contributed by atoms with Crippen molar-refractivity contribution in [3.8, 4) is 0 Å². The van der Waals surface area contributed by atoms with Crippen LogP contribution in [-0.2, 0) is 4.79 Å². The number of halogens is 1. The van der Waals surface area contributed by atoms with Gasteiger partial charge in [0, 0.05) is 41.5 Å². The first kappa shape index (κ1) is 19.2. The molecule has 26 heavy (non-hydrogen) atoms. The van der Waals surface area contributed by atoms with Crippen LogP contribution in [-0.4, -0.2) is 36.4 Å². The second-order valence-electron chi connectivity index (χ2n) is 5.27. The smallest absolute Gasteiger partial charge is 0.269 e. The highest BCUT2D eigenvalue weighted by Gasteiger charge is 2.08. The molecule has 2 aromatic rings. The number of carbonyl (C=O) groups excluding carboxylic acids is 2. The number of nitrogens with one attached hydrogen (secondary N) is 3. The second-order valence-corrected chi connectivity index (χ2v) is 5.71. The Balaban J connectivity index is 1.65. The fourth-order valence-corrected chi connectivity index (χ4v) is 2.25. The maximum absolute atomic E-state index is 11.9. The standard InChI is InChI=1S/C17H17ClN4O4/c18-13-3-1-2-12(10-13)17(24)21-11-16(23)20-9-8-19-14-4-6-15(7-5-14)22(25)26/h1-7,10,19H,8-9,11H2,(H,20,23)(H,21,24). The van der Waals surface area contributed by atoms with E-state index in [1.807, 2.05) is 0 Å². The molecule has 9 heteroatoms. The van der Waals surface area contributed by atoms with Crippen molar-refractivity contribution in [2.24, 2.45) is 0 Å². The Morgan fingerprint density at radius 2 is 1.77 bits per heavy atom. The first-order chi connectivity index (χ1) is 12.5. The van der Waals surface area contributed by atoms with Crippen molar-refractivity contribution in [2.45, 2.75) is 0 Å². The van der Waals surface area contributed by atoms with Gasteiger partial charge in [-0.25, -0.2) is 0 Å². The summed E-state index contributed by atoms with van der Waals surface area (Å²) in [6.45, 7) is 0.623. The Morgan fingerprint density at radius 3 is 2.42 bits per heavy atom. The molecule has 0 aliphatic carbocycles. The minimum absolute atomic E-state index is 0.0132. The Morgan fingerprint density at radius 1 is 1.04 bits per heavy atom. The number of hydrogen-bond donors (Lipinski definition) is 3. The van der Waals surface area contributed by atoms with E-state index in [0.717, 1.165) is 0 Å². The number of benzene rings is 2. The zero-order valence-corrected chi connectivity index (χ0v) is 14.5. The van der Waals surface area contributed by atoms with Crippen LogP contribution < -0.4 is 16.0 Å². The van der Waals surface area contributed by atoms with Gasteiger partial charge in [0.2, 0.25) is 5.91 Å². The topological polar surface area (TPSA) is 113 Å². The molecule has 0 heterocycles. The molecule has 2 amide bonds. The average Bonchev–Trinajstić information content (AvgIpc) is 2.63. The van der Waals surface area contributed by atoms with Crippen LogP contribution in [0.15, 0.2) is 48.5 Å². The molecule has 0 aromatic heterocycles. The monoisotopic (exact) mass is 376 g/mol. The Hall–Kier alpha value is -3.13. The van der Waals surface area contributed by atoms with E-state index in [-0.39, 0.29) is 24.0 Å². The number of hydrogen-bond acceptors (Lipinski definition) is 5. The summed E-state index contributed by atoms with van der Waals surface area (Å²) >= 11 is 5.81. The summed E-state index contributed by atoms with van der Waals surface area (Å²) < 4.78 is 0. The molecule has 0 aliphatic heterocycles. The van der Waals surface area contributed by atoms with E-state index >= 15 is 0 Å². The minimum Gasteiger partial charge on any atom is -0.383 e. The molecule has 8 nitrogen and oxygen atoms in total. The summed E-state index contributed by atoms with van der Waals surface area (Å²) in [4.78, 5) is 33.7. The number of rotatable bonds is 8. The third-order valence-electron chi connectivity index (χ3n) is 3.35. The van der Waals surface area contributed by atoms with Gasteiger partial charge in [0.15, 0.2) is 0 Å². The van der Waals surface area contributed by atoms with Crippen LogP contribution in [0, 0.1) is 10.1 Å². The zero-order chi connectivity index (χ0) is 18.9. The fourth-order valence-electron chi connectivity index (χ4n) is 2.06. The highest BCUT2D eigenvalue weighted by molar-refractivity contribution is 6.30. The minimum atomic E-state index is -0.471. The molecule has 0 fully saturated rings. The number of nitro groups is 1. The molecule has 0 saturated heterocycles. The largest absolute Gasteiger partial charge is 0.383 e. The van der Waals surface area contributed by atoms with Gasteiger partial charge in [-0.2, -0.15) is 0 Å². The lowest BCUT2D eigenvalue weighted by atomic mass is 10.2. The van der Waals surface area contributed by atoms with Crippen LogP contribution in [0.4, 0.5) is 11.4 Å². The van der Waals surface area contributed by atoms with E-state index in [0.29, 0.717) is 29.4 Å². The normalized spacial score (nSPS) is 10.0.